The second-order valence-corrected chi connectivity index (χ2v) is 8.84. The van der Waals surface area contributed by atoms with Crippen LogP contribution in [0.1, 0.15) is 54.2 Å². The van der Waals surface area contributed by atoms with Crippen LogP contribution in [-0.2, 0) is 10.9 Å². The van der Waals surface area contributed by atoms with Crippen molar-refractivity contribution in [3.63, 3.8) is 0 Å². The molecule has 1 N–H and O–H groups in total. The van der Waals surface area contributed by atoms with Crippen molar-refractivity contribution >= 4 is 16.8 Å². The Kier molecular flexibility index (Phi) is 6.74. The maximum atomic E-state index is 14.8. The number of amides is 1. The predicted octanol–water partition coefficient (Wildman–Crippen LogP) is 4.17. The molecule has 0 spiro atoms. The number of pyridine rings is 1. The van der Waals surface area contributed by atoms with Crippen molar-refractivity contribution in [2.45, 2.75) is 52.2 Å². The number of aromatic nitrogens is 3. The average molecular weight is 508 g/mol. The second kappa shape index (κ2) is 9.49. The number of ether oxygens (including phenoxy) is 2. The Balaban J connectivity index is 1.63. The number of rotatable bonds is 4. The molecular formula is C24H24F4N4O4. The minimum atomic E-state index is -4.78. The van der Waals surface area contributed by atoms with Gasteiger partial charge in [-0.3, -0.25) is 9.59 Å². The van der Waals surface area contributed by atoms with Gasteiger partial charge in [0, 0.05) is 24.8 Å². The molecule has 4 rings (SSSR count). The number of aromatic amines is 1. The highest BCUT2D eigenvalue weighted by Gasteiger charge is 2.36. The molecule has 3 aromatic rings. The van der Waals surface area contributed by atoms with Crippen LogP contribution in [0.2, 0.25) is 0 Å². The summed E-state index contributed by atoms with van der Waals surface area (Å²) in [4.78, 5) is 36.9. The molecule has 0 saturated carbocycles. The van der Waals surface area contributed by atoms with E-state index in [1.165, 1.54) is 18.7 Å². The molecule has 192 valence electrons. The van der Waals surface area contributed by atoms with Crippen molar-refractivity contribution in [1.82, 2.24) is 19.9 Å². The van der Waals surface area contributed by atoms with Crippen LogP contribution in [-0.4, -0.2) is 51.1 Å². The number of benzene rings is 1. The number of alkyl halides is 3. The summed E-state index contributed by atoms with van der Waals surface area (Å²) in [7, 11) is 0. The zero-order valence-electron chi connectivity index (χ0n) is 19.9. The van der Waals surface area contributed by atoms with Crippen molar-refractivity contribution in [1.29, 1.82) is 0 Å². The van der Waals surface area contributed by atoms with E-state index in [-0.39, 0.29) is 40.1 Å². The van der Waals surface area contributed by atoms with Crippen LogP contribution in [0.25, 0.3) is 10.9 Å². The predicted molar refractivity (Wildman–Crippen MR) is 121 cm³/mol. The third kappa shape index (κ3) is 5.18. The third-order valence-electron chi connectivity index (χ3n) is 5.79. The van der Waals surface area contributed by atoms with E-state index in [9.17, 15) is 27.2 Å². The van der Waals surface area contributed by atoms with Crippen molar-refractivity contribution in [2.24, 2.45) is 0 Å². The highest BCUT2D eigenvalue weighted by atomic mass is 19.4. The highest BCUT2D eigenvalue weighted by molar-refractivity contribution is 5.94. The lowest BCUT2D eigenvalue weighted by atomic mass is 10.00. The maximum absolute atomic E-state index is 14.8. The Labute approximate surface area is 203 Å². The molecule has 1 aromatic carbocycles. The monoisotopic (exact) mass is 508 g/mol. The fourth-order valence-electron chi connectivity index (χ4n) is 4.29. The van der Waals surface area contributed by atoms with Crippen molar-refractivity contribution in [3.05, 3.63) is 63.1 Å². The minimum Gasteiger partial charge on any atom is -0.468 e. The first-order valence-electron chi connectivity index (χ1n) is 11.2. The summed E-state index contributed by atoms with van der Waals surface area (Å²) in [5, 5.41) is -0.0672. The molecule has 36 heavy (non-hydrogen) atoms. The summed E-state index contributed by atoms with van der Waals surface area (Å²) < 4.78 is 67.3. The van der Waals surface area contributed by atoms with Gasteiger partial charge in [-0.2, -0.15) is 13.2 Å². The molecule has 0 radical (unpaired) electrons. The number of H-pyrrole nitrogens is 1. The summed E-state index contributed by atoms with van der Waals surface area (Å²) in [5.74, 6) is -1.86. The molecule has 3 atom stereocenters. The lowest BCUT2D eigenvalue weighted by Gasteiger charge is -2.35. The molecule has 0 aliphatic carbocycles. The normalized spacial score (nSPS) is 19.4. The van der Waals surface area contributed by atoms with E-state index in [2.05, 4.69) is 15.0 Å². The van der Waals surface area contributed by atoms with Crippen LogP contribution >= 0.6 is 0 Å². The Morgan fingerprint density at radius 3 is 2.50 bits per heavy atom. The van der Waals surface area contributed by atoms with Crippen LogP contribution in [0.15, 0.2) is 29.2 Å². The molecule has 3 heterocycles. The fraction of sp³-hybridized carbons (Fsp3) is 0.417. The number of hydrogen-bond acceptors (Lipinski definition) is 6. The first-order chi connectivity index (χ1) is 16.8. The summed E-state index contributed by atoms with van der Waals surface area (Å²) in [6.07, 6.45) is -5.38. The number of aryl methyl sites for hydroxylation is 1. The highest BCUT2D eigenvalue weighted by Crippen LogP contribution is 2.37. The van der Waals surface area contributed by atoms with Gasteiger partial charge in [-0.15, -0.1) is 0 Å². The zero-order valence-corrected chi connectivity index (χ0v) is 19.9. The smallest absolute Gasteiger partial charge is 0.416 e. The summed E-state index contributed by atoms with van der Waals surface area (Å²) in [5.41, 5.74) is -2.22. The number of carbonyl (C=O) groups is 1. The topological polar surface area (TPSA) is 97.4 Å². The van der Waals surface area contributed by atoms with Crippen molar-refractivity contribution in [3.8, 4) is 5.88 Å². The summed E-state index contributed by atoms with van der Waals surface area (Å²) >= 11 is 0. The van der Waals surface area contributed by atoms with Gasteiger partial charge in [0.1, 0.15) is 11.9 Å². The summed E-state index contributed by atoms with van der Waals surface area (Å²) in [6, 6.07) is 2.73. The Morgan fingerprint density at radius 2 is 1.89 bits per heavy atom. The molecule has 1 aliphatic rings. The van der Waals surface area contributed by atoms with Crippen LogP contribution in [0.4, 0.5) is 17.6 Å². The number of nitrogens with zero attached hydrogens (tertiary/aromatic N) is 3. The molecule has 8 nitrogen and oxygen atoms in total. The average Bonchev–Trinajstić information content (AvgIpc) is 2.77. The van der Waals surface area contributed by atoms with Gasteiger partial charge in [0.15, 0.2) is 5.82 Å². The quantitative estimate of drug-likeness (QED) is 0.532. The van der Waals surface area contributed by atoms with Crippen LogP contribution < -0.4 is 10.3 Å². The van der Waals surface area contributed by atoms with Gasteiger partial charge < -0.3 is 19.4 Å². The lowest BCUT2D eigenvalue weighted by molar-refractivity contribution is -0.138. The van der Waals surface area contributed by atoms with E-state index >= 15 is 0 Å². The van der Waals surface area contributed by atoms with E-state index in [1.807, 2.05) is 13.8 Å². The first kappa shape index (κ1) is 25.5. The van der Waals surface area contributed by atoms with E-state index in [4.69, 9.17) is 9.47 Å². The van der Waals surface area contributed by atoms with E-state index in [1.54, 1.807) is 0 Å². The largest absolute Gasteiger partial charge is 0.468 e. The fourth-order valence-corrected chi connectivity index (χ4v) is 4.29. The van der Waals surface area contributed by atoms with E-state index < -0.39 is 41.0 Å². The number of halogens is 4. The van der Waals surface area contributed by atoms with Gasteiger partial charge in [-0.25, -0.2) is 14.4 Å². The number of nitrogens with one attached hydrogen (secondary N) is 1. The molecule has 1 fully saturated rings. The number of morpholine rings is 1. The molecule has 1 aliphatic heterocycles. The van der Waals surface area contributed by atoms with Gasteiger partial charge >= 0.3 is 6.18 Å². The number of hydrogen-bond donors (Lipinski definition) is 1. The van der Waals surface area contributed by atoms with Gasteiger partial charge in [0.2, 0.25) is 0 Å². The Morgan fingerprint density at radius 1 is 1.22 bits per heavy atom. The minimum absolute atomic E-state index is 0.0246. The molecular weight excluding hydrogens is 484 g/mol. The van der Waals surface area contributed by atoms with E-state index in [0.29, 0.717) is 13.1 Å². The second-order valence-electron chi connectivity index (χ2n) is 8.84. The molecule has 2 aromatic heterocycles. The molecule has 0 unspecified atom stereocenters. The third-order valence-corrected chi connectivity index (χ3v) is 5.79. The van der Waals surface area contributed by atoms with E-state index in [0.717, 1.165) is 24.4 Å². The number of carbonyl (C=O) groups excluding carboxylic acids is 1. The standard InChI is InChI=1S/C24H24F4N4O4/c1-11-9-32(10-12(2)35-11)23(34)15-5-19(25)22(29-8-15)36-13(3)16-6-17-20(7-18(16)24(26,27)28)30-14(4)31-21(17)33/h5-8,11-13H,9-10H2,1-4H3,(H,30,31,33)/t11-,12+,13-/m0/s1. The van der Waals surface area contributed by atoms with Gasteiger partial charge in [0.05, 0.1) is 34.2 Å². The van der Waals surface area contributed by atoms with Crippen LogP contribution in [0.5, 0.6) is 5.88 Å². The lowest BCUT2D eigenvalue weighted by Crippen LogP contribution is -2.48. The van der Waals surface area contributed by atoms with Gasteiger partial charge in [0.25, 0.3) is 17.3 Å². The molecule has 1 saturated heterocycles. The number of fused-ring (bicyclic) bond motifs is 1. The molecule has 1 amide bonds. The molecule has 12 heteroatoms. The van der Waals surface area contributed by atoms with Crippen LogP contribution in [0, 0.1) is 12.7 Å². The first-order valence-corrected chi connectivity index (χ1v) is 11.2. The SMILES string of the molecule is Cc1nc2cc(C(F)(F)F)c([C@H](C)Oc3ncc(C(=O)N4C[C@@H](C)O[C@@H](C)C4)cc3F)cc2c(=O)[nH]1. The maximum Gasteiger partial charge on any atom is 0.416 e. The van der Waals surface area contributed by atoms with Gasteiger partial charge in [-0.05, 0) is 45.9 Å². The van der Waals surface area contributed by atoms with Crippen LogP contribution in [0.3, 0.4) is 0 Å². The zero-order chi connectivity index (χ0) is 26.4. The van der Waals surface area contributed by atoms with Gasteiger partial charge in [-0.1, -0.05) is 0 Å². The Bertz CT molecular complexity index is 1360. The molecule has 0 bridgehead atoms. The van der Waals surface area contributed by atoms with Crippen molar-refractivity contribution < 1.29 is 31.8 Å². The Hall–Kier alpha value is -3.54. The van der Waals surface area contributed by atoms with Crippen molar-refractivity contribution in [2.75, 3.05) is 13.1 Å². The summed E-state index contributed by atoms with van der Waals surface area (Å²) in [6.45, 7) is 7.03.